The maximum atomic E-state index is 11.5. The third-order valence-electron chi connectivity index (χ3n) is 2.86. The fourth-order valence-electron chi connectivity index (χ4n) is 2.00. The number of aromatic nitrogens is 3. The zero-order valence-electron chi connectivity index (χ0n) is 10.1. The summed E-state index contributed by atoms with van der Waals surface area (Å²) in [5.41, 5.74) is 6.67. The summed E-state index contributed by atoms with van der Waals surface area (Å²) in [4.78, 5) is 11.5. The van der Waals surface area contributed by atoms with Crippen LogP contribution in [0.4, 0.5) is 0 Å². The largest absolute Gasteiger partial charge is 0.365 e. The fraction of sp³-hybridized carbons (Fsp3) is 0. The first-order valence-electron chi connectivity index (χ1n) is 5.84. The van der Waals surface area contributed by atoms with Crippen molar-refractivity contribution in [2.24, 2.45) is 5.73 Å². The lowest BCUT2D eigenvalue weighted by atomic mass is 10.3. The van der Waals surface area contributed by atoms with Gasteiger partial charge in [0.15, 0.2) is 5.82 Å². The Kier molecular flexibility index (Phi) is 2.64. The molecule has 0 saturated carbocycles. The monoisotopic (exact) mass is 252 g/mol. The highest BCUT2D eigenvalue weighted by Gasteiger charge is 2.17. The molecule has 1 aromatic carbocycles. The molecule has 5 heteroatoms. The summed E-state index contributed by atoms with van der Waals surface area (Å²) >= 11 is 0. The van der Waals surface area contributed by atoms with Gasteiger partial charge in [-0.2, -0.15) is 5.10 Å². The SMILES string of the molecule is NC(=O)c1cnn(-c2ccccc2)c1-n1cccc1. The topological polar surface area (TPSA) is 65.8 Å². The molecule has 0 fully saturated rings. The van der Waals surface area contributed by atoms with E-state index in [2.05, 4.69) is 5.10 Å². The summed E-state index contributed by atoms with van der Waals surface area (Å²) in [6.45, 7) is 0. The predicted molar refractivity (Wildman–Crippen MR) is 71.4 cm³/mol. The molecular formula is C14H12N4O. The van der Waals surface area contributed by atoms with Gasteiger partial charge in [-0.25, -0.2) is 4.68 Å². The van der Waals surface area contributed by atoms with Crippen LogP contribution in [-0.2, 0) is 0 Å². The number of para-hydroxylation sites is 1. The molecule has 2 N–H and O–H groups in total. The molecule has 19 heavy (non-hydrogen) atoms. The number of hydrogen-bond donors (Lipinski definition) is 1. The van der Waals surface area contributed by atoms with Gasteiger partial charge in [0, 0.05) is 12.4 Å². The molecule has 94 valence electrons. The Morgan fingerprint density at radius 2 is 1.74 bits per heavy atom. The summed E-state index contributed by atoms with van der Waals surface area (Å²) in [5, 5.41) is 4.26. The Morgan fingerprint density at radius 1 is 1.05 bits per heavy atom. The molecule has 3 aromatic rings. The first kappa shape index (κ1) is 11.3. The molecule has 0 unspecified atom stereocenters. The second kappa shape index (κ2) is 4.45. The molecule has 0 spiro atoms. The van der Waals surface area contributed by atoms with Gasteiger partial charge in [0.1, 0.15) is 5.56 Å². The summed E-state index contributed by atoms with van der Waals surface area (Å²) in [6.07, 6.45) is 5.19. The summed E-state index contributed by atoms with van der Waals surface area (Å²) < 4.78 is 3.51. The van der Waals surface area contributed by atoms with Gasteiger partial charge < -0.3 is 10.3 Å². The molecule has 2 aromatic heterocycles. The van der Waals surface area contributed by atoms with Gasteiger partial charge >= 0.3 is 0 Å². The molecule has 3 rings (SSSR count). The number of benzene rings is 1. The Morgan fingerprint density at radius 3 is 2.37 bits per heavy atom. The van der Waals surface area contributed by atoms with Crippen LogP contribution in [0.2, 0.25) is 0 Å². The fourth-order valence-corrected chi connectivity index (χ4v) is 2.00. The molecule has 0 aliphatic heterocycles. The standard InChI is InChI=1S/C14H12N4O/c15-13(19)12-10-16-18(11-6-2-1-3-7-11)14(12)17-8-4-5-9-17/h1-10H,(H2,15,19). The first-order valence-corrected chi connectivity index (χ1v) is 5.84. The van der Waals surface area contributed by atoms with Crippen molar-refractivity contribution in [2.45, 2.75) is 0 Å². The molecule has 5 nitrogen and oxygen atoms in total. The van der Waals surface area contributed by atoms with Crippen molar-refractivity contribution in [3.63, 3.8) is 0 Å². The van der Waals surface area contributed by atoms with E-state index in [-0.39, 0.29) is 0 Å². The average Bonchev–Trinajstić information content (AvgIpc) is 3.08. The van der Waals surface area contributed by atoms with E-state index in [4.69, 9.17) is 5.73 Å². The van der Waals surface area contributed by atoms with Gasteiger partial charge in [-0.3, -0.25) is 4.79 Å². The van der Waals surface area contributed by atoms with Gasteiger partial charge in [0.2, 0.25) is 0 Å². The molecule has 0 aliphatic rings. The van der Waals surface area contributed by atoms with E-state index in [0.29, 0.717) is 11.4 Å². The van der Waals surface area contributed by atoms with Gasteiger partial charge in [-0.1, -0.05) is 18.2 Å². The van der Waals surface area contributed by atoms with Crippen molar-refractivity contribution in [1.82, 2.24) is 14.3 Å². The summed E-state index contributed by atoms with van der Waals surface area (Å²) in [6, 6.07) is 13.4. The third-order valence-corrected chi connectivity index (χ3v) is 2.86. The highest BCUT2D eigenvalue weighted by atomic mass is 16.1. The molecule has 0 aliphatic carbocycles. The van der Waals surface area contributed by atoms with Crippen LogP contribution in [-0.4, -0.2) is 20.3 Å². The average molecular weight is 252 g/mol. The molecule has 2 heterocycles. The molecular weight excluding hydrogens is 240 g/mol. The maximum absolute atomic E-state index is 11.5. The van der Waals surface area contributed by atoms with Crippen LogP contribution >= 0.6 is 0 Å². The minimum Gasteiger partial charge on any atom is -0.365 e. The van der Waals surface area contributed by atoms with Crippen LogP contribution < -0.4 is 5.73 Å². The van der Waals surface area contributed by atoms with Crippen molar-refractivity contribution in [3.05, 3.63) is 66.6 Å². The molecule has 0 atom stereocenters. The molecule has 1 amide bonds. The minimum atomic E-state index is -0.495. The third kappa shape index (κ3) is 1.91. The Labute approximate surface area is 109 Å². The van der Waals surface area contributed by atoms with Gasteiger partial charge in [0.05, 0.1) is 11.9 Å². The number of nitrogens with zero attached hydrogens (tertiary/aromatic N) is 3. The maximum Gasteiger partial charge on any atom is 0.254 e. The molecule has 0 bridgehead atoms. The van der Waals surface area contributed by atoms with Gasteiger partial charge in [-0.05, 0) is 24.3 Å². The van der Waals surface area contributed by atoms with Crippen LogP contribution in [0.15, 0.2) is 61.1 Å². The predicted octanol–water partition coefficient (Wildman–Crippen LogP) is 1.76. The Hall–Kier alpha value is -2.82. The second-order valence-electron chi connectivity index (χ2n) is 4.08. The van der Waals surface area contributed by atoms with E-state index in [1.54, 1.807) is 4.68 Å². The Balaban J connectivity index is 2.24. The van der Waals surface area contributed by atoms with E-state index in [9.17, 15) is 4.79 Å². The highest BCUT2D eigenvalue weighted by Crippen LogP contribution is 2.19. The second-order valence-corrected chi connectivity index (χ2v) is 4.08. The number of nitrogens with two attached hydrogens (primary N) is 1. The van der Waals surface area contributed by atoms with Crippen LogP contribution in [0.25, 0.3) is 11.5 Å². The van der Waals surface area contributed by atoms with E-state index in [0.717, 1.165) is 5.69 Å². The number of primary amides is 1. The van der Waals surface area contributed by atoms with Crippen LogP contribution in [0, 0.1) is 0 Å². The van der Waals surface area contributed by atoms with E-state index in [1.165, 1.54) is 6.20 Å². The van der Waals surface area contributed by atoms with Gasteiger partial charge in [-0.15, -0.1) is 0 Å². The van der Waals surface area contributed by atoms with Crippen molar-refractivity contribution >= 4 is 5.91 Å². The number of rotatable bonds is 3. The van der Waals surface area contributed by atoms with Crippen LogP contribution in [0.5, 0.6) is 0 Å². The lowest BCUT2D eigenvalue weighted by Crippen LogP contribution is -2.14. The summed E-state index contributed by atoms with van der Waals surface area (Å²) in [7, 11) is 0. The zero-order valence-corrected chi connectivity index (χ0v) is 10.1. The van der Waals surface area contributed by atoms with E-state index in [1.807, 2.05) is 59.4 Å². The lowest BCUT2D eigenvalue weighted by Gasteiger charge is -2.09. The Bertz CT molecular complexity index is 698. The van der Waals surface area contributed by atoms with Crippen molar-refractivity contribution in [2.75, 3.05) is 0 Å². The zero-order chi connectivity index (χ0) is 13.2. The first-order chi connectivity index (χ1) is 9.27. The quantitative estimate of drug-likeness (QED) is 0.771. The van der Waals surface area contributed by atoms with Crippen LogP contribution in [0.3, 0.4) is 0 Å². The number of amides is 1. The van der Waals surface area contributed by atoms with Crippen molar-refractivity contribution in [1.29, 1.82) is 0 Å². The van der Waals surface area contributed by atoms with E-state index >= 15 is 0 Å². The highest BCUT2D eigenvalue weighted by molar-refractivity contribution is 5.96. The molecule has 0 saturated heterocycles. The van der Waals surface area contributed by atoms with E-state index < -0.39 is 5.91 Å². The number of carbonyl (C=O) groups is 1. The van der Waals surface area contributed by atoms with Crippen LogP contribution in [0.1, 0.15) is 10.4 Å². The lowest BCUT2D eigenvalue weighted by molar-refractivity contribution is 0.100. The van der Waals surface area contributed by atoms with Gasteiger partial charge in [0.25, 0.3) is 5.91 Å². The van der Waals surface area contributed by atoms with Crippen molar-refractivity contribution < 1.29 is 4.79 Å². The smallest absolute Gasteiger partial charge is 0.254 e. The van der Waals surface area contributed by atoms with Crippen molar-refractivity contribution in [3.8, 4) is 11.5 Å². The summed E-state index contributed by atoms with van der Waals surface area (Å²) in [5.74, 6) is 0.148. The molecule has 0 radical (unpaired) electrons. The minimum absolute atomic E-state index is 0.389. The normalized spacial score (nSPS) is 10.5. The number of carbonyl (C=O) groups excluding carboxylic acids is 1. The number of hydrogen-bond acceptors (Lipinski definition) is 2.